The van der Waals surface area contributed by atoms with Gasteiger partial charge in [0.2, 0.25) is 0 Å². The Labute approximate surface area is 118 Å². The number of benzene rings is 1. The monoisotopic (exact) mass is 276 g/mol. The predicted molar refractivity (Wildman–Crippen MR) is 77.5 cm³/mol. The molecule has 0 bridgehead atoms. The van der Waals surface area contributed by atoms with Gasteiger partial charge in [0.05, 0.1) is 6.61 Å². The van der Waals surface area contributed by atoms with E-state index < -0.39 is 0 Å². The van der Waals surface area contributed by atoms with E-state index in [1.165, 1.54) is 0 Å². The molecule has 1 aromatic heterocycles. The summed E-state index contributed by atoms with van der Waals surface area (Å²) in [6.07, 6.45) is 2.55. The van der Waals surface area contributed by atoms with Crippen molar-refractivity contribution in [2.45, 2.75) is 19.4 Å². The highest BCUT2D eigenvalue weighted by molar-refractivity contribution is 6.30. The maximum absolute atomic E-state index is 5.97. The van der Waals surface area contributed by atoms with E-state index in [2.05, 4.69) is 4.98 Å². The van der Waals surface area contributed by atoms with Crippen LogP contribution < -0.4 is 10.5 Å². The lowest BCUT2D eigenvalue weighted by molar-refractivity contribution is 0.315. The Balaban J connectivity index is 2.00. The molecule has 2 N–H and O–H groups in total. The summed E-state index contributed by atoms with van der Waals surface area (Å²) in [5.74, 6) is 0.787. The standard InChI is InChI=1S/C15H17ClN2O/c1-11(17)14-10-12(16)5-6-15(14)19-9-7-13-4-2-3-8-18-13/h2-6,8,10-11H,7,9,17H2,1H3. The number of hydrogen-bond donors (Lipinski definition) is 1. The molecule has 0 amide bonds. The van der Waals surface area contributed by atoms with Crippen LogP contribution in [0, 0.1) is 0 Å². The van der Waals surface area contributed by atoms with Crippen molar-refractivity contribution in [3.63, 3.8) is 0 Å². The van der Waals surface area contributed by atoms with Crippen LogP contribution in [-0.2, 0) is 6.42 Å². The fourth-order valence-corrected chi connectivity index (χ4v) is 2.00. The van der Waals surface area contributed by atoms with Gasteiger partial charge in [-0.15, -0.1) is 0 Å². The van der Waals surface area contributed by atoms with Crippen LogP contribution in [0.3, 0.4) is 0 Å². The summed E-state index contributed by atoms with van der Waals surface area (Å²) >= 11 is 5.97. The highest BCUT2D eigenvalue weighted by atomic mass is 35.5. The summed E-state index contributed by atoms with van der Waals surface area (Å²) in [5.41, 5.74) is 7.85. The molecule has 0 radical (unpaired) electrons. The molecule has 1 aromatic carbocycles. The second kappa shape index (κ2) is 6.55. The topological polar surface area (TPSA) is 48.1 Å². The highest BCUT2D eigenvalue weighted by Gasteiger charge is 2.09. The number of nitrogens with two attached hydrogens (primary N) is 1. The Hall–Kier alpha value is -1.58. The molecule has 0 saturated carbocycles. The quantitative estimate of drug-likeness (QED) is 0.911. The van der Waals surface area contributed by atoms with Gasteiger partial charge >= 0.3 is 0 Å². The van der Waals surface area contributed by atoms with E-state index in [1.54, 1.807) is 6.20 Å². The fourth-order valence-electron chi connectivity index (χ4n) is 1.82. The van der Waals surface area contributed by atoms with Crippen molar-refractivity contribution in [2.24, 2.45) is 5.73 Å². The molecule has 0 spiro atoms. The molecule has 2 aromatic rings. The van der Waals surface area contributed by atoms with E-state index >= 15 is 0 Å². The number of nitrogens with zero attached hydrogens (tertiary/aromatic N) is 1. The molecule has 1 heterocycles. The van der Waals surface area contributed by atoms with Crippen molar-refractivity contribution in [3.8, 4) is 5.75 Å². The van der Waals surface area contributed by atoms with Crippen molar-refractivity contribution < 1.29 is 4.74 Å². The smallest absolute Gasteiger partial charge is 0.124 e. The first-order valence-electron chi connectivity index (χ1n) is 6.24. The van der Waals surface area contributed by atoms with Crippen LogP contribution in [0.4, 0.5) is 0 Å². The van der Waals surface area contributed by atoms with Gasteiger partial charge in [0.25, 0.3) is 0 Å². The van der Waals surface area contributed by atoms with Gasteiger partial charge in [-0.1, -0.05) is 17.7 Å². The van der Waals surface area contributed by atoms with Gasteiger partial charge in [-0.3, -0.25) is 4.98 Å². The molecule has 100 valence electrons. The molecule has 1 unspecified atom stereocenters. The van der Waals surface area contributed by atoms with Gasteiger partial charge in [0.1, 0.15) is 5.75 Å². The van der Waals surface area contributed by atoms with E-state index in [-0.39, 0.29) is 6.04 Å². The van der Waals surface area contributed by atoms with E-state index in [1.807, 2.05) is 43.3 Å². The van der Waals surface area contributed by atoms with Crippen molar-refractivity contribution in [2.75, 3.05) is 6.61 Å². The average Bonchev–Trinajstić information content (AvgIpc) is 2.41. The van der Waals surface area contributed by atoms with Crippen LogP contribution in [0.2, 0.25) is 5.02 Å². The number of hydrogen-bond acceptors (Lipinski definition) is 3. The van der Waals surface area contributed by atoms with Crippen LogP contribution in [0.25, 0.3) is 0 Å². The van der Waals surface area contributed by atoms with E-state index in [0.717, 1.165) is 23.4 Å². The SMILES string of the molecule is CC(N)c1cc(Cl)ccc1OCCc1ccccn1. The van der Waals surface area contributed by atoms with E-state index in [4.69, 9.17) is 22.1 Å². The third-order valence-electron chi connectivity index (χ3n) is 2.80. The lowest BCUT2D eigenvalue weighted by atomic mass is 10.1. The van der Waals surface area contributed by atoms with Gasteiger partial charge in [0, 0.05) is 34.9 Å². The molecule has 0 saturated heterocycles. The number of pyridine rings is 1. The minimum atomic E-state index is -0.108. The Morgan fingerprint density at radius 1 is 1.32 bits per heavy atom. The van der Waals surface area contributed by atoms with Crippen LogP contribution in [0.5, 0.6) is 5.75 Å². The summed E-state index contributed by atoms with van der Waals surface area (Å²) in [6.45, 7) is 2.48. The van der Waals surface area contributed by atoms with Crippen LogP contribution in [0.15, 0.2) is 42.6 Å². The molecule has 19 heavy (non-hydrogen) atoms. The molecule has 0 aliphatic heterocycles. The molecule has 0 aliphatic rings. The average molecular weight is 277 g/mol. The summed E-state index contributed by atoms with van der Waals surface area (Å²) in [7, 11) is 0. The van der Waals surface area contributed by atoms with E-state index in [9.17, 15) is 0 Å². The van der Waals surface area contributed by atoms with Crippen molar-refractivity contribution in [3.05, 3.63) is 58.9 Å². The Morgan fingerprint density at radius 3 is 2.84 bits per heavy atom. The summed E-state index contributed by atoms with van der Waals surface area (Å²) in [4.78, 5) is 4.26. The molecule has 4 heteroatoms. The fraction of sp³-hybridized carbons (Fsp3) is 0.267. The second-order valence-corrected chi connectivity index (χ2v) is 4.83. The minimum Gasteiger partial charge on any atom is -0.493 e. The zero-order chi connectivity index (χ0) is 13.7. The normalized spacial score (nSPS) is 12.2. The van der Waals surface area contributed by atoms with Gasteiger partial charge < -0.3 is 10.5 Å². The van der Waals surface area contributed by atoms with Crippen molar-refractivity contribution >= 4 is 11.6 Å². The maximum Gasteiger partial charge on any atom is 0.124 e. The molecule has 2 rings (SSSR count). The number of ether oxygens (including phenoxy) is 1. The van der Waals surface area contributed by atoms with Gasteiger partial charge in [-0.05, 0) is 37.3 Å². The summed E-state index contributed by atoms with van der Waals surface area (Å²) in [5, 5.41) is 0.671. The molecule has 0 aliphatic carbocycles. The first-order chi connectivity index (χ1) is 9.16. The summed E-state index contributed by atoms with van der Waals surface area (Å²) < 4.78 is 5.78. The van der Waals surface area contributed by atoms with Crippen LogP contribution in [0.1, 0.15) is 24.2 Å². The van der Waals surface area contributed by atoms with Crippen LogP contribution >= 0.6 is 11.6 Å². The zero-order valence-electron chi connectivity index (χ0n) is 10.8. The van der Waals surface area contributed by atoms with Crippen molar-refractivity contribution in [1.29, 1.82) is 0 Å². The number of rotatable bonds is 5. The van der Waals surface area contributed by atoms with Gasteiger partial charge in [-0.25, -0.2) is 0 Å². The zero-order valence-corrected chi connectivity index (χ0v) is 11.6. The Morgan fingerprint density at radius 2 is 2.16 bits per heavy atom. The van der Waals surface area contributed by atoms with Gasteiger partial charge in [0.15, 0.2) is 0 Å². The van der Waals surface area contributed by atoms with Crippen molar-refractivity contribution in [1.82, 2.24) is 4.98 Å². The number of halogens is 1. The molecule has 1 atom stereocenters. The van der Waals surface area contributed by atoms with E-state index in [0.29, 0.717) is 11.6 Å². The third-order valence-corrected chi connectivity index (χ3v) is 3.04. The highest BCUT2D eigenvalue weighted by Crippen LogP contribution is 2.27. The first-order valence-corrected chi connectivity index (χ1v) is 6.62. The predicted octanol–water partition coefficient (Wildman–Crippen LogP) is 3.38. The first kappa shape index (κ1) is 13.8. The Bertz CT molecular complexity index is 529. The second-order valence-electron chi connectivity index (χ2n) is 4.39. The molecule has 0 fully saturated rings. The minimum absolute atomic E-state index is 0.108. The number of aromatic nitrogens is 1. The maximum atomic E-state index is 5.97. The summed E-state index contributed by atoms with van der Waals surface area (Å²) in [6, 6.07) is 11.3. The molecule has 3 nitrogen and oxygen atoms in total. The lowest BCUT2D eigenvalue weighted by Gasteiger charge is -2.14. The molecular formula is C15H17ClN2O. The van der Waals surface area contributed by atoms with Gasteiger partial charge in [-0.2, -0.15) is 0 Å². The third kappa shape index (κ3) is 3.94. The van der Waals surface area contributed by atoms with Crippen LogP contribution in [-0.4, -0.2) is 11.6 Å². The lowest BCUT2D eigenvalue weighted by Crippen LogP contribution is -2.10. The largest absolute Gasteiger partial charge is 0.493 e. The molecular weight excluding hydrogens is 260 g/mol. The Kier molecular flexibility index (Phi) is 4.77.